The van der Waals surface area contributed by atoms with Crippen molar-refractivity contribution in [2.45, 2.75) is 30.7 Å². The smallest absolute Gasteiger partial charge is 0.269 e. The van der Waals surface area contributed by atoms with E-state index in [1.165, 1.54) is 6.20 Å². The van der Waals surface area contributed by atoms with Gasteiger partial charge in [-0.05, 0) is 49.6 Å². The summed E-state index contributed by atoms with van der Waals surface area (Å²) in [4.78, 5) is 10.6. The number of aliphatic hydroxyl groups is 1. The monoisotopic (exact) mass is 406 g/mol. The zero-order chi connectivity index (χ0) is 19.2. The van der Waals surface area contributed by atoms with Crippen molar-refractivity contribution in [3.05, 3.63) is 47.4 Å². The fourth-order valence-corrected chi connectivity index (χ4v) is 4.95. The molecule has 9 heteroatoms. The summed E-state index contributed by atoms with van der Waals surface area (Å²) in [5.41, 5.74) is 1.21. The molecule has 0 unspecified atom stereocenters. The highest BCUT2D eigenvalue weighted by atomic mass is 35.5. The second-order valence-corrected chi connectivity index (χ2v) is 8.81. The third-order valence-corrected chi connectivity index (χ3v) is 6.75. The fraction of sp³-hybridized carbons (Fsp3) is 0.333. The molecule has 1 N–H and O–H groups in total. The molecule has 142 valence electrons. The molecule has 27 heavy (non-hydrogen) atoms. The van der Waals surface area contributed by atoms with Gasteiger partial charge >= 0.3 is 0 Å². The summed E-state index contributed by atoms with van der Waals surface area (Å²) in [5, 5.41) is 10.2. The van der Waals surface area contributed by atoms with Gasteiger partial charge in [0.1, 0.15) is 5.82 Å². The summed E-state index contributed by atoms with van der Waals surface area (Å²) >= 11 is 6.12. The van der Waals surface area contributed by atoms with Gasteiger partial charge in [0.25, 0.3) is 10.0 Å². The number of nitrogens with zero attached hydrogens (tertiary/aromatic N) is 4. The Hall–Kier alpha value is -2.16. The van der Waals surface area contributed by atoms with Gasteiger partial charge in [0.05, 0.1) is 22.9 Å². The molecule has 2 aromatic heterocycles. The highest BCUT2D eigenvalue weighted by Crippen LogP contribution is 2.32. The quantitative estimate of drug-likeness (QED) is 0.670. The molecule has 0 radical (unpaired) electrons. The summed E-state index contributed by atoms with van der Waals surface area (Å²) in [6, 6.07) is 8.27. The molecule has 1 saturated heterocycles. The number of aliphatic hydroxyl groups excluding tert-OH is 1. The van der Waals surface area contributed by atoms with Crippen LogP contribution in [0.2, 0.25) is 5.28 Å². The largest absolute Gasteiger partial charge is 0.394 e. The molecule has 1 aromatic carbocycles. The van der Waals surface area contributed by atoms with Crippen molar-refractivity contribution in [1.82, 2.24) is 13.9 Å². The Labute approximate surface area is 162 Å². The maximum absolute atomic E-state index is 13.1. The van der Waals surface area contributed by atoms with Gasteiger partial charge in [0, 0.05) is 12.7 Å². The van der Waals surface area contributed by atoms with Crippen molar-refractivity contribution in [3.8, 4) is 0 Å². The Morgan fingerprint density at radius 1 is 1.22 bits per heavy atom. The second-order valence-electron chi connectivity index (χ2n) is 6.66. The predicted molar refractivity (Wildman–Crippen MR) is 104 cm³/mol. The molecule has 1 fully saturated rings. The van der Waals surface area contributed by atoms with E-state index in [2.05, 4.69) is 9.97 Å². The van der Waals surface area contributed by atoms with Gasteiger partial charge in [-0.3, -0.25) is 0 Å². The van der Waals surface area contributed by atoms with Crippen LogP contribution in [0.4, 0.5) is 5.82 Å². The molecular weight excluding hydrogens is 388 g/mol. The SMILES string of the molecule is Cc1ccc(S(=O)(=O)n2ccc3c(N4CCC[C@@H]4CO)nc(Cl)nc32)cc1. The molecular formula is C18H19ClN4O3S. The van der Waals surface area contributed by atoms with Crippen LogP contribution in [0, 0.1) is 6.92 Å². The van der Waals surface area contributed by atoms with Gasteiger partial charge in [-0.25, -0.2) is 12.4 Å². The van der Waals surface area contributed by atoms with Crippen molar-refractivity contribution in [1.29, 1.82) is 0 Å². The van der Waals surface area contributed by atoms with Crippen LogP contribution in [0.1, 0.15) is 18.4 Å². The minimum Gasteiger partial charge on any atom is -0.394 e. The van der Waals surface area contributed by atoms with Gasteiger partial charge in [0.2, 0.25) is 5.28 Å². The Morgan fingerprint density at radius 2 is 1.96 bits per heavy atom. The molecule has 0 aliphatic carbocycles. The first-order chi connectivity index (χ1) is 12.9. The standard InChI is InChI=1S/C18H19ClN4O3S/c1-12-4-6-14(7-5-12)27(25,26)23-10-8-15-16(20-18(19)21-17(15)23)22-9-2-3-13(22)11-24/h4-8,10,13,24H,2-3,9,11H2,1H3/t13-/m1/s1. The van der Waals surface area contributed by atoms with Crippen molar-refractivity contribution in [2.24, 2.45) is 0 Å². The Morgan fingerprint density at radius 3 is 2.67 bits per heavy atom. The van der Waals surface area contributed by atoms with Gasteiger partial charge in [-0.1, -0.05) is 17.7 Å². The van der Waals surface area contributed by atoms with E-state index < -0.39 is 10.0 Å². The average molecular weight is 407 g/mol. The van der Waals surface area contributed by atoms with Crippen LogP contribution in [-0.2, 0) is 10.0 Å². The molecule has 0 spiro atoms. The zero-order valence-corrected chi connectivity index (χ0v) is 16.3. The molecule has 0 amide bonds. The average Bonchev–Trinajstić information content (AvgIpc) is 3.28. The van der Waals surface area contributed by atoms with Crippen LogP contribution < -0.4 is 4.90 Å². The van der Waals surface area contributed by atoms with Crippen molar-refractivity contribution < 1.29 is 13.5 Å². The third-order valence-electron chi connectivity index (χ3n) is 4.90. The van der Waals surface area contributed by atoms with Crippen LogP contribution in [0.5, 0.6) is 0 Å². The summed E-state index contributed by atoms with van der Waals surface area (Å²) in [5.74, 6) is 0.555. The van der Waals surface area contributed by atoms with Gasteiger partial charge in [-0.2, -0.15) is 9.97 Å². The number of aryl methyl sites for hydroxylation is 1. The summed E-state index contributed by atoms with van der Waals surface area (Å²) < 4.78 is 27.3. The minimum absolute atomic E-state index is 0.00545. The molecule has 4 rings (SSSR count). The summed E-state index contributed by atoms with van der Waals surface area (Å²) in [6.45, 7) is 2.63. The molecule has 1 aliphatic rings. The minimum atomic E-state index is -3.82. The van der Waals surface area contributed by atoms with E-state index in [9.17, 15) is 13.5 Å². The summed E-state index contributed by atoms with van der Waals surface area (Å²) in [7, 11) is -3.82. The lowest BCUT2D eigenvalue weighted by molar-refractivity contribution is 0.266. The Kier molecular flexibility index (Phi) is 4.57. The summed E-state index contributed by atoms with van der Waals surface area (Å²) in [6.07, 6.45) is 3.25. The lowest BCUT2D eigenvalue weighted by atomic mass is 10.2. The van der Waals surface area contributed by atoms with Gasteiger partial charge in [0.15, 0.2) is 5.65 Å². The van der Waals surface area contributed by atoms with Crippen LogP contribution >= 0.6 is 11.6 Å². The predicted octanol–water partition coefficient (Wildman–Crippen LogP) is 2.59. The van der Waals surface area contributed by atoms with E-state index in [0.717, 1.165) is 28.9 Å². The molecule has 1 aliphatic heterocycles. The number of rotatable bonds is 4. The topological polar surface area (TPSA) is 88.3 Å². The van der Waals surface area contributed by atoms with Crippen LogP contribution in [0.25, 0.3) is 11.0 Å². The normalized spacial score (nSPS) is 17.7. The first kappa shape index (κ1) is 18.2. The van der Waals surface area contributed by atoms with Crippen molar-refractivity contribution in [3.63, 3.8) is 0 Å². The highest BCUT2D eigenvalue weighted by molar-refractivity contribution is 7.90. The number of halogens is 1. The molecule has 0 saturated carbocycles. The number of hydrogen-bond donors (Lipinski definition) is 1. The van der Waals surface area contributed by atoms with Crippen LogP contribution in [0.15, 0.2) is 41.4 Å². The third kappa shape index (κ3) is 3.07. The van der Waals surface area contributed by atoms with E-state index in [0.29, 0.717) is 11.2 Å². The molecule has 3 heterocycles. The zero-order valence-electron chi connectivity index (χ0n) is 14.7. The maximum atomic E-state index is 13.1. The van der Waals surface area contributed by atoms with Crippen LogP contribution in [-0.4, -0.2) is 46.7 Å². The van der Waals surface area contributed by atoms with Gasteiger partial charge < -0.3 is 10.0 Å². The van der Waals surface area contributed by atoms with Crippen LogP contribution in [0.3, 0.4) is 0 Å². The Bertz CT molecular complexity index is 1100. The number of fused-ring (bicyclic) bond motifs is 1. The van der Waals surface area contributed by atoms with E-state index in [-0.39, 0.29) is 28.5 Å². The van der Waals surface area contributed by atoms with E-state index >= 15 is 0 Å². The van der Waals surface area contributed by atoms with Gasteiger partial charge in [-0.15, -0.1) is 0 Å². The lowest BCUT2D eigenvalue weighted by Gasteiger charge is -2.24. The molecule has 7 nitrogen and oxygen atoms in total. The second kappa shape index (κ2) is 6.78. The molecule has 0 bridgehead atoms. The lowest BCUT2D eigenvalue weighted by Crippen LogP contribution is -2.33. The first-order valence-corrected chi connectivity index (χ1v) is 10.5. The first-order valence-electron chi connectivity index (χ1n) is 8.66. The fourth-order valence-electron chi connectivity index (χ4n) is 3.49. The van der Waals surface area contributed by atoms with Crippen molar-refractivity contribution in [2.75, 3.05) is 18.1 Å². The number of hydrogen-bond acceptors (Lipinski definition) is 6. The van der Waals surface area contributed by atoms with E-state index in [4.69, 9.17) is 11.6 Å². The number of anilines is 1. The molecule has 3 aromatic rings. The van der Waals surface area contributed by atoms with E-state index in [1.54, 1.807) is 30.3 Å². The molecule has 1 atom stereocenters. The van der Waals surface area contributed by atoms with E-state index in [1.807, 2.05) is 11.8 Å². The maximum Gasteiger partial charge on any atom is 0.269 e. The number of aromatic nitrogens is 3. The number of benzene rings is 1. The van der Waals surface area contributed by atoms with Crippen molar-refractivity contribution >= 4 is 38.5 Å². The highest BCUT2D eigenvalue weighted by Gasteiger charge is 2.29. The Balaban J connectivity index is 1.88.